The molecule has 3 heterocycles. The summed E-state index contributed by atoms with van der Waals surface area (Å²) >= 11 is 1.39. The van der Waals surface area contributed by atoms with Crippen LogP contribution in [0, 0.1) is 6.92 Å². The lowest BCUT2D eigenvalue weighted by Gasteiger charge is -2.03. The van der Waals surface area contributed by atoms with E-state index in [1.165, 1.54) is 11.8 Å². The summed E-state index contributed by atoms with van der Waals surface area (Å²) < 4.78 is 1.88. The maximum Gasteiger partial charge on any atom is 0.193 e. The van der Waals surface area contributed by atoms with Crippen molar-refractivity contribution in [2.24, 2.45) is 0 Å². The van der Waals surface area contributed by atoms with Gasteiger partial charge in [0, 0.05) is 18.6 Å². The molecular weight excluding hydrogens is 248 g/mol. The average Bonchev–Trinajstić information content (AvgIpc) is 2.76. The van der Waals surface area contributed by atoms with E-state index in [-0.39, 0.29) is 0 Å². The molecule has 0 saturated heterocycles. The van der Waals surface area contributed by atoms with Gasteiger partial charge in [-0.1, -0.05) is 0 Å². The summed E-state index contributed by atoms with van der Waals surface area (Å²) in [5.74, 6) is 0.822. The molecule has 7 heteroatoms. The second-order valence-electron chi connectivity index (χ2n) is 3.67. The molecule has 0 unspecified atom stereocenters. The second-order valence-corrected chi connectivity index (χ2v) is 4.65. The standard InChI is InChI=1S/C11H10N6S/c1-7-15-16-9-11(14-5-6-17(7)9)18-10-8(12)3-2-4-13-10/h2-6H,12H2,1H3. The number of aryl methyl sites for hydroxylation is 1. The van der Waals surface area contributed by atoms with E-state index < -0.39 is 0 Å². The molecular formula is C11H10N6S. The van der Waals surface area contributed by atoms with Crippen molar-refractivity contribution in [2.45, 2.75) is 17.0 Å². The average molecular weight is 258 g/mol. The summed E-state index contributed by atoms with van der Waals surface area (Å²) in [4.78, 5) is 8.53. The van der Waals surface area contributed by atoms with Crippen LogP contribution in [0.4, 0.5) is 5.69 Å². The molecule has 2 N–H and O–H groups in total. The van der Waals surface area contributed by atoms with E-state index >= 15 is 0 Å². The molecule has 3 aromatic rings. The van der Waals surface area contributed by atoms with Gasteiger partial charge in [-0.2, -0.15) is 0 Å². The maximum atomic E-state index is 5.86. The molecule has 0 atom stereocenters. The Morgan fingerprint density at radius 3 is 2.83 bits per heavy atom. The van der Waals surface area contributed by atoms with Gasteiger partial charge in [0.25, 0.3) is 0 Å². The van der Waals surface area contributed by atoms with Gasteiger partial charge in [-0.25, -0.2) is 9.97 Å². The van der Waals surface area contributed by atoms with Gasteiger partial charge in [-0.05, 0) is 30.8 Å². The van der Waals surface area contributed by atoms with Crippen molar-refractivity contribution < 1.29 is 0 Å². The van der Waals surface area contributed by atoms with Crippen molar-refractivity contribution in [1.29, 1.82) is 0 Å². The smallest absolute Gasteiger partial charge is 0.193 e. The number of rotatable bonds is 2. The number of hydrogen-bond donors (Lipinski definition) is 1. The third-order valence-electron chi connectivity index (χ3n) is 2.46. The second kappa shape index (κ2) is 4.26. The van der Waals surface area contributed by atoms with E-state index in [1.54, 1.807) is 18.5 Å². The predicted octanol–water partition coefficient (Wildman–Crippen LogP) is 1.56. The van der Waals surface area contributed by atoms with Crippen LogP contribution in [0.25, 0.3) is 5.65 Å². The van der Waals surface area contributed by atoms with Gasteiger partial charge < -0.3 is 5.73 Å². The highest BCUT2D eigenvalue weighted by Gasteiger charge is 2.11. The van der Waals surface area contributed by atoms with E-state index in [1.807, 2.05) is 23.6 Å². The maximum absolute atomic E-state index is 5.86. The van der Waals surface area contributed by atoms with Crippen molar-refractivity contribution in [3.8, 4) is 0 Å². The van der Waals surface area contributed by atoms with Crippen LogP contribution in [0.3, 0.4) is 0 Å². The molecule has 3 aromatic heterocycles. The fourth-order valence-electron chi connectivity index (χ4n) is 1.57. The Bertz CT molecular complexity index is 708. The summed E-state index contributed by atoms with van der Waals surface area (Å²) in [5.41, 5.74) is 7.20. The molecule has 0 fully saturated rings. The lowest BCUT2D eigenvalue weighted by atomic mass is 10.4. The number of pyridine rings is 1. The molecule has 0 radical (unpaired) electrons. The number of anilines is 1. The fourth-order valence-corrected chi connectivity index (χ4v) is 2.40. The molecule has 0 aliphatic heterocycles. The summed E-state index contributed by atoms with van der Waals surface area (Å²) in [7, 11) is 0. The zero-order valence-corrected chi connectivity index (χ0v) is 10.4. The van der Waals surface area contributed by atoms with Crippen LogP contribution in [0.5, 0.6) is 0 Å². The summed E-state index contributed by atoms with van der Waals surface area (Å²) in [6.07, 6.45) is 5.25. The first kappa shape index (κ1) is 11.0. The van der Waals surface area contributed by atoms with Gasteiger partial charge in [0.15, 0.2) is 5.65 Å². The SMILES string of the molecule is Cc1nnc2c(Sc3ncccc3N)nccn12. The molecule has 0 saturated carbocycles. The van der Waals surface area contributed by atoms with E-state index in [2.05, 4.69) is 20.2 Å². The minimum atomic E-state index is 0.627. The Hall–Kier alpha value is -2.15. The van der Waals surface area contributed by atoms with Crippen LogP contribution in [-0.4, -0.2) is 24.6 Å². The molecule has 0 bridgehead atoms. The zero-order chi connectivity index (χ0) is 12.5. The van der Waals surface area contributed by atoms with E-state index in [0.717, 1.165) is 15.9 Å². The van der Waals surface area contributed by atoms with Gasteiger partial charge >= 0.3 is 0 Å². The Morgan fingerprint density at radius 1 is 1.17 bits per heavy atom. The van der Waals surface area contributed by atoms with Crippen LogP contribution >= 0.6 is 11.8 Å². The molecule has 0 aliphatic carbocycles. The van der Waals surface area contributed by atoms with Crippen molar-refractivity contribution >= 4 is 23.1 Å². The quantitative estimate of drug-likeness (QED) is 0.751. The summed E-state index contributed by atoms with van der Waals surface area (Å²) in [5, 5.41) is 9.59. The molecule has 0 aromatic carbocycles. The lowest BCUT2D eigenvalue weighted by molar-refractivity contribution is 0.986. The van der Waals surface area contributed by atoms with Crippen molar-refractivity contribution in [3.63, 3.8) is 0 Å². The Balaban J connectivity index is 2.08. The Kier molecular flexibility index (Phi) is 2.60. The topological polar surface area (TPSA) is 82.0 Å². The molecule has 0 spiro atoms. The number of nitrogens with two attached hydrogens (primary N) is 1. The highest BCUT2D eigenvalue weighted by molar-refractivity contribution is 7.99. The molecule has 6 nitrogen and oxygen atoms in total. The van der Waals surface area contributed by atoms with Crippen LogP contribution in [0.1, 0.15) is 5.82 Å². The summed E-state index contributed by atoms with van der Waals surface area (Å²) in [6.45, 7) is 1.89. The number of hydrogen-bond acceptors (Lipinski definition) is 6. The van der Waals surface area contributed by atoms with Gasteiger partial charge in [0.1, 0.15) is 15.9 Å². The van der Waals surface area contributed by atoms with Crippen LogP contribution in [-0.2, 0) is 0 Å². The fraction of sp³-hybridized carbons (Fsp3) is 0.0909. The third-order valence-corrected chi connectivity index (χ3v) is 3.47. The normalized spacial score (nSPS) is 10.9. The van der Waals surface area contributed by atoms with Gasteiger partial charge in [0.2, 0.25) is 0 Å². The number of aromatic nitrogens is 5. The molecule has 90 valence electrons. The first-order chi connectivity index (χ1) is 8.75. The largest absolute Gasteiger partial charge is 0.397 e. The van der Waals surface area contributed by atoms with Crippen molar-refractivity contribution in [1.82, 2.24) is 24.6 Å². The van der Waals surface area contributed by atoms with Gasteiger partial charge in [0.05, 0.1) is 5.69 Å². The predicted molar refractivity (Wildman–Crippen MR) is 68.3 cm³/mol. The Labute approximate surface area is 107 Å². The van der Waals surface area contributed by atoms with E-state index in [9.17, 15) is 0 Å². The molecule has 0 amide bonds. The molecule has 0 aliphatic rings. The molecule has 18 heavy (non-hydrogen) atoms. The minimum Gasteiger partial charge on any atom is -0.397 e. The van der Waals surface area contributed by atoms with E-state index in [4.69, 9.17) is 5.73 Å². The first-order valence-electron chi connectivity index (χ1n) is 5.30. The van der Waals surface area contributed by atoms with Gasteiger partial charge in [-0.3, -0.25) is 4.40 Å². The zero-order valence-electron chi connectivity index (χ0n) is 9.61. The first-order valence-corrected chi connectivity index (χ1v) is 6.12. The Morgan fingerprint density at radius 2 is 2.00 bits per heavy atom. The van der Waals surface area contributed by atoms with Crippen LogP contribution in [0.15, 0.2) is 40.8 Å². The van der Waals surface area contributed by atoms with Gasteiger partial charge in [-0.15, -0.1) is 10.2 Å². The lowest BCUT2D eigenvalue weighted by Crippen LogP contribution is -1.94. The number of nitrogens with zero attached hydrogens (tertiary/aromatic N) is 5. The third kappa shape index (κ3) is 1.78. The monoisotopic (exact) mass is 258 g/mol. The summed E-state index contributed by atoms with van der Waals surface area (Å²) in [6, 6.07) is 3.61. The number of fused-ring (bicyclic) bond motifs is 1. The van der Waals surface area contributed by atoms with Crippen molar-refractivity contribution in [3.05, 3.63) is 36.5 Å². The highest BCUT2D eigenvalue weighted by atomic mass is 32.2. The highest BCUT2D eigenvalue weighted by Crippen LogP contribution is 2.30. The van der Waals surface area contributed by atoms with Crippen molar-refractivity contribution in [2.75, 3.05) is 5.73 Å². The van der Waals surface area contributed by atoms with E-state index in [0.29, 0.717) is 11.3 Å². The molecule has 3 rings (SSSR count). The van der Waals surface area contributed by atoms with Crippen LogP contribution < -0.4 is 5.73 Å². The minimum absolute atomic E-state index is 0.627. The number of nitrogen functional groups attached to an aromatic ring is 1. The van der Waals surface area contributed by atoms with Crippen LogP contribution in [0.2, 0.25) is 0 Å².